The maximum Gasteiger partial charge on any atom is 0.331 e. The van der Waals surface area contributed by atoms with E-state index in [0.29, 0.717) is 0 Å². The van der Waals surface area contributed by atoms with E-state index in [1.807, 2.05) is 0 Å². The normalized spacial score (nSPS) is 24.7. The van der Waals surface area contributed by atoms with E-state index in [4.69, 9.17) is 0 Å². The quantitative estimate of drug-likeness (QED) is 0.621. The second-order valence-corrected chi connectivity index (χ2v) is 4.15. The Balaban J connectivity index is 3.14. The molecular formula is C9H16N2O4. The molecule has 0 radical (unpaired) electrons. The molecule has 2 atom stereocenters. The smallest absolute Gasteiger partial charge is 0.331 e. The first kappa shape index (κ1) is 11.9. The number of imide groups is 1. The number of aliphatic hydroxyl groups is 2. The molecule has 0 aromatic heterocycles. The Morgan fingerprint density at radius 3 is 1.80 bits per heavy atom. The van der Waals surface area contributed by atoms with Crippen LogP contribution in [0.1, 0.15) is 27.7 Å². The lowest BCUT2D eigenvalue weighted by Crippen LogP contribution is -2.48. The fourth-order valence-corrected chi connectivity index (χ4v) is 1.80. The summed E-state index contributed by atoms with van der Waals surface area (Å²) >= 11 is 0. The minimum Gasteiger partial charge on any atom is -0.374 e. The monoisotopic (exact) mass is 216 g/mol. The first-order chi connectivity index (χ1) is 6.71. The molecule has 2 unspecified atom stereocenters. The lowest BCUT2D eigenvalue weighted by molar-refractivity contribution is -0.138. The Kier molecular flexibility index (Phi) is 2.75. The highest BCUT2D eigenvalue weighted by Gasteiger charge is 2.54. The lowest BCUT2D eigenvalue weighted by atomic mass is 10.0. The van der Waals surface area contributed by atoms with Crippen LogP contribution >= 0.6 is 0 Å². The van der Waals surface area contributed by atoms with Crippen LogP contribution in [-0.2, 0) is 4.79 Å². The lowest BCUT2D eigenvalue weighted by Gasteiger charge is -2.30. The predicted octanol–water partition coefficient (Wildman–Crippen LogP) is -0.294. The highest BCUT2D eigenvalue weighted by molar-refractivity contribution is 6.06. The summed E-state index contributed by atoms with van der Waals surface area (Å²) in [4.78, 5) is 25.3. The van der Waals surface area contributed by atoms with Crippen molar-refractivity contribution in [2.24, 2.45) is 0 Å². The molecule has 0 aromatic rings. The number of nitrogens with zero attached hydrogens (tertiary/aromatic N) is 2. The average Bonchev–Trinajstić information content (AvgIpc) is 2.17. The molecule has 0 spiro atoms. The molecule has 3 amide bonds. The van der Waals surface area contributed by atoms with Gasteiger partial charge in [0.2, 0.25) is 0 Å². The zero-order valence-corrected chi connectivity index (χ0v) is 9.26. The summed E-state index contributed by atoms with van der Waals surface area (Å²) in [5.41, 5.74) is -1.12. The van der Waals surface area contributed by atoms with Crippen LogP contribution in [0, 0.1) is 0 Å². The van der Waals surface area contributed by atoms with Gasteiger partial charge in [0.15, 0.2) is 0 Å². The van der Waals surface area contributed by atoms with Gasteiger partial charge in [-0.3, -0.25) is 9.69 Å². The van der Waals surface area contributed by atoms with Gasteiger partial charge in [0.1, 0.15) is 18.0 Å². The number of carbonyl (C=O) groups is 2. The van der Waals surface area contributed by atoms with E-state index >= 15 is 0 Å². The molecule has 6 heteroatoms. The second kappa shape index (κ2) is 3.46. The molecule has 15 heavy (non-hydrogen) atoms. The highest BCUT2D eigenvalue weighted by Crippen LogP contribution is 2.29. The van der Waals surface area contributed by atoms with Gasteiger partial charge in [-0.15, -0.1) is 0 Å². The summed E-state index contributed by atoms with van der Waals surface area (Å²) in [6.45, 7) is 5.79. The molecule has 0 aliphatic carbocycles. The number of aliphatic hydroxyl groups excluding tert-OH is 2. The van der Waals surface area contributed by atoms with Crippen LogP contribution in [0.3, 0.4) is 0 Å². The standard InChI is InChI=1S/C9H16N2O4/c1-5(12)10-7(14)9(3,4)11(6(2)13)8(10)15/h5-6,12-13H,1-4H3. The van der Waals surface area contributed by atoms with Crippen molar-refractivity contribution in [3.8, 4) is 0 Å². The van der Waals surface area contributed by atoms with Crippen LogP contribution in [0.4, 0.5) is 4.79 Å². The van der Waals surface area contributed by atoms with E-state index < -0.39 is 29.9 Å². The van der Waals surface area contributed by atoms with Crippen molar-refractivity contribution in [2.45, 2.75) is 45.7 Å². The summed E-state index contributed by atoms with van der Waals surface area (Å²) in [5.74, 6) is -0.511. The number of hydrogen-bond donors (Lipinski definition) is 2. The number of amides is 3. The molecule has 0 bridgehead atoms. The van der Waals surface area contributed by atoms with Gasteiger partial charge < -0.3 is 10.2 Å². The van der Waals surface area contributed by atoms with Gasteiger partial charge in [-0.25, -0.2) is 9.69 Å². The van der Waals surface area contributed by atoms with Crippen LogP contribution in [0.5, 0.6) is 0 Å². The molecule has 1 heterocycles. The third-order valence-electron chi connectivity index (χ3n) is 2.50. The number of rotatable bonds is 2. The van der Waals surface area contributed by atoms with E-state index in [1.165, 1.54) is 27.7 Å². The van der Waals surface area contributed by atoms with E-state index in [0.717, 1.165) is 9.80 Å². The van der Waals surface area contributed by atoms with Gasteiger partial charge in [0, 0.05) is 0 Å². The van der Waals surface area contributed by atoms with Gasteiger partial charge in [-0.2, -0.15) is 0 Å². The number of carbonyl (C=O) groups excluding carboxylic acids is 2. The van der Waals surface area contributed by atoms with Gasteiger partial charge in [-0.05, 0) is 27.7 Å². The third kappa shape index (κ3) is 1.59. The Morgan fingerprint density at radius 2 is 1.60 bits per heavy atom. The van der Waals surface area contributed by atoms with Crippen molar-refractivity contribution in [2.75, 3.05) is 0 Å². The summed E-state index contributed by atoms with van der Waals surface area (Å²) in [7, 11) is 0. The molecule has 1 aliphatic rings. The summed E-state index contributed by atoms with van der Waals surface area (Å²) < 4.78 is 0. The van der Waals surface area contributed by atoms with Crippen molar-refractivity contribution in [1.29, 1.82) is 0 Å². The average molecular weight is 216 g/mol. The highest BCUT2D eigenvalue weighted by atomic mass is 16.3. The first-order valence-electron chi connectivity index (χ1n) is 4.74. The fourth-order valence-electron chi connectivity index (χ4n) is 1.80. The van der Waals surface area contributed by atoms with Crippen LogP contribution in [0.2, 0.25) is 0 Å². The Labute approximate surface area is 88.1 Å². The summed E-state index contributed by atoms with van der Waals surface area (Å²) in [6, 6.07) is -0.671. The Hall–Kier alpha value is -1.14. The third-order valence-corrected chi connectivity index (χ3v) is 2.50. The van der Waals surface area contributed by atoms with Crippen molar-refractivity contribution >= 4 is 11.9 Å². The van der Waals surface area contributed by atoms with Crippen molar-refractivity contribution in [3.63, 3.8) is 0 Å². The van der Waals surface area contributed by atoms with Gasteiger partial charge in [0.25, 0.3) is 5.91 Å². The van der Waals surface area contributed by atoms with E-state index in [9.17, 15) is 19.8 Å². The predicted molar refractivity (Wildman–Crippen MR) is 51.5 cm³/mol. The zero-order valence-electron chi connectivity index (χ0n) is 9.26. The molecular weight excluding hydrogens is 200 g/mol. The van der Waals surface area contributed by atoms with Gasteiger partial charge >= 0.3 is 6.03 Å². The first-order valence-corrected chi connectivity index (χ1v) is 4.74. The Morgan fingerprint density at radius 1 is 1.13 bits per heavy atom. The summed E-state index contributed by atoms with van der Waals surface area (Å²) in [6.07, 6.45) is -2.26. The van der Waals surface area contributed by atoms with E-state index in [2.05, 4.69) is 0 Å². The molecule has 1 saturated heterocycles. The van der Waals surface area contributed by atoms with Crippen molar-refractivity contribution < 1.29 is 19.8 Å². The maximum absolute atomic E-state index is 11.8. The molecule has 0 saturated carbocycles. The van der Waals surface area contributed by atoms with Crippen molar-refractivity contribution in [1.82, 2.24) is 9.80 Å². The molecule has 0 aromatic carbocycles. The maximum atomic E-state index is 11.8. The second-order valence-electron chi connectivity index (χ2n) is 4.15. The molecule has 1 aliphatic heterocycles. The number of hydrogen-bond acceptors (Lipinski definition) is 4. The topological polar surface area (TPSA) is 81.1 Å². The number of urea groups is 1. The molecule has 6 nitrogen and oxygen atoms in total. The SMILES string of the molecule is CC(O)N1C(=O)N(C(C)O)C(C)(C)C1=O. The molecule has 86 valence electrons. The Bertz CT molecular complexity index is 298. The van der Waals surface area contributed by atoms with E-state index in [1.54, 1.807) is 0 Å². The molecule has 2 N–H and O–H groups in total. The van der Waals surface area contributed by atoms with Crippen LogP contribution in [-0.4, -0.2) is 49.9 Å². The van der Waals surface area contributed by atoms with Crippen LogP contribution < -0.4 is 0 Å². The largest absolute Gasteiger partial charge is 0.374 e. The van der Waals surface area contributed by atoms with Gasteiger partial charge in [0.05, 0.1) is 0 Å². The van der Waals surface area contributed by atoms with Crippen LogP contribution in [0.15, 0.2) is 0 Å². The minimum atomic E-state index is -1.19. The van der Waals surface area contributed by atoms with E-state index in [-0.39, 0.29) is 0 Å². The van der Waals surface area contributed by atoms with Crippen LogP contribution in [0.25, 0.3) is 0 Å². The molecule has 1 fully saturated rings. The molecule has 1 rings (SSSR count). The summed E-state index contributed by atoms with van der Waals surface area (Å²) in [5, 5.41) is 18.7. The zero-order chi connectivity index (χ0) is 12.0. The van der Waals surface area contributed by atoms with Crippen molar-refractivity contribution in [3.05, 3.63) is 0 Å². The van der Waals surface area contributed by atoms with Gasteiger partial charge in [-0.1, -0.05) is 0 Å². The minimum absolute atomic E-state index is 0.511. The fraction of sp³-hybridized carbons (Fsp3) is 0.778.